The second kappa shape index (κ2) is 7.04. The van der Waals surface area contributed by atoms with E-state index in [9.17, 15) is 10.2 Å². The molecule has 1 aromatic carbocycles. The second-order valence-corrected chi connectivity index (χ2v) is 5.64. The van der Waals surface area contributed by atoms with E-state index in [-0.39, 0.29) is 19.3 Å². The predicted molar refractivity (Wildman–Crippen MR) is 79.3 cm³/mol. The largest absolute Gasteiger partial charge is 0.394 e. The molecule has 1 unspecified atom stereocenters. The van der Waals surface area contributed by atoms with Gasteiger partial charge in [0, 0.05) is 6.04 Å². The molecule has 1 atom stereocenters. The van der Waals surface area contributed by atoms with Crippen LogP contribution in [-0.4, -0.2) is 29.0 Å². The number of rotatable bonds is 7. The summed E-state index contributed by atoms with van der Waals surface area (Å²) in [5.41, 5.74) is 1.89. The summed E-state index contributed by atoms with van der Waals surface area (Å²) in [5, 5.41) is 22.3. The first kappa shape index (κ1) is 16.2. The molecule has 0 amide bonds. The molecule has 0 aliphatic heterocycles. The molecule has 1 rings (SSSR count). The first-order valence-corrected chi connectivity index (χ1v) is 7.07. The van der Waals surface area contributed by atoms with E-state index in [4.69, 9.17) is 0 Å². The van der Waals surface area contributed by atoms with Gasteiger partial charge in [-0.05, 0) is 30.4 Å². The van der Waals surface area contributed by atoms with Gasteiger partial charge in [0.1, 0.15) is 0 Å². The third-order valence-electron chi connectivity index (χ3n) is 3.91. The molecule has 19 heavy (non-hydrogen) atoms. The highest BCUT2D eigenvalue weighted by Gasteiger charge is 2.28. The number of nitrogens with one attached hydrogen (secondary N) is 1. The first-order chi connectivity index (χ1) is 8.98. The van der Waals surface area contributed by atoms with Gasteiger partial charge in [0.05, 0.1) is 18.8 Å². The monoisotopic (exact) mass is 265 g/mol. The zero-order valence-corrected chi connectivity index (χ0v) is 12.5. The lowest BCUT2D eigenvalue weighted by Gasteiger charge is -2.33. The van der Waals surface area contributed by atoms with Crippen molar-refractivity contribution in [1.29, 1.82) is 0 Å². The van der Waals surface area contributed by atoms with Gasteiger partial charge in [-0.15, -0.1) is 0 Å². The normalized spacial score (nSPS) is 13.8. The Morgan fingerprint density at radius 1 is 1.00 bits per heavy atom. The van der Waals surface area contributed by atoms with E-state index in [1.54, 1.807) is 0 Å². The van der Waals surface area contributed by atoms with E-state index in [1.165, 1.54) is 11.1 Å². The van der Waals surface area contributed by atoms with E-state index < -0.39 is 5.54 Å². The lowest BCUT2D eigenvalue weighted by atomic mass is 9.94. The minimum absolute atomic E-state index is 0.0611. The van der Waals surface area contributed by atoms with Crippen LogP contribution in [-0.2, 0) is 0 Å². The summed E-state index contributed by atoms with van der Waals surface area (Å²) in [6.45, 7) is 8.25. The van der Waals surface area contributed by atoms with Crippen LogP contribution in [0.25, 0.3) is 0 Å². The summed E-state index contributed by atoms with van der Waals surface area (Å²) in [5.74, 6) is 0.530. The van der Waals surface area contributed by atoms with Gasteiger partial charge in [-0.2, -0.15) is 0 Å². The van der Waals surface area contributed by atoms with Crippen molar-refractivity contribution in [3.8, 4) is 0 Å². The maximum Gasteiger partial charge on any atom is 0.0650 e. The zero-order valence-electron chi connectivity index (χ0n) is 12.5. The molecule has 0 radical (unpaired) electrons. The number of aliphatic hydroxyl groups is 2. The second-order valence-electron chi connectivity index (χ2n) is 5.64. The van der Waals surface area contributed by atoms with Crippen molar-refractivity contribution < 1.29 is 10.2 Å². The van der Waals surface area contributed by atoms with Gasteiger partial charge in [0.15, 0.2) is 0 Å². The molecule has 108 valence electrons. The lowest BCUT2D eigenvalue weighted by Crippen LogP contribution is -2.52. The minimum atomic E-state index is -0.601. The zero-order chi connectivity index (χ0) is 14.5. The Balaban J connectivity index is 2.79. The Labute approximate surface area is 116 Å². The third kappa shape index (κ3) is 4.03. The van der Waals surface area contributed by atoms with Crippen molar-refractivity contribution in [3.63, 3.8) is 0 Å². The topological polar surface area (TPSA) is 52.5 Å². The van der Waals surface area contributed by atoms with Crippen molar-refractivity contribution in [2.24, 2.45) is 0 Å². The maximum atomic E-state index is 9.47. The van der Waals surface area contributed by atoms with Crippen LogP contribution in [0.15, 0.2) is 24.3 Å². The number of hydrogen-bond acceptors (Lipinski definition) is 3. The Bertz CT molecular complexity index is 361. The van der Waals surface area contributed by atoms with Gasteiger partial charge in [-0.25, -0.2) is 0 Å². The predicted octanol–water partition coefficient (Wildman–Crippen LogP) is 2.59. The molecule has 3 heteroatoms. The molecule has 1 aromatic rings. The molecule has 3 N–H and O–H groups in total. The molecule has 3 nitrogen and oxygen atoms in total. The Kier molecular flexibility index (Phi) is 5.98. The summed E-state index contributed by atoms with van der Waals surface area (Å²) >= 11 is 0. The summed E-state index contributed by atoms with van der Waals surface area (Å²) in [6, 6.07) is 8.61. The SMILES string of the molecule is CCC(CO)(CO)NC(C)c1ccc(C(C)C)cc1. The smallest absolute Gasteiger partial charge is 0.0650 e. The molecule has 0 aromatic heterocycles. The Morgan fingerprint density at radius 3 is 1.84 bits per heavy atom. The molecule has 0 aliphatic rings. The summed E-state index contributed by atoms with van der Waals surface area (Å²) < 4.78 is 0. The summed E-state index contributed by atoms with van der Waals surface area (Å²) in [7, 11) is 0. The van der Waals surface area contributed by atoms with Crippen LogP contribution in [0.3, 0.4) is 0 Å². The maximum absolute atomic E-state index is 9.47. The van der Waals surface area contributed by atoms with E-state index in [1.807, 2.05) is 6.92 Å². The van der Waals surface area contributed by atoms with Crippen LogP contribution in [0.4, 0.5) is 0 Å². The fourth-order valence-electron chi connectivity index (χ4n) is 2.18. The molecule has 0 fully saturated rings. The van der Waals surface area contributed by atoms with Crippen LogP contribution in [0, 0.1) is 0 Å². The molecular weight excluding hydrogens is 238 g/mol. The van der Waals surface area contributed by atoms with Gasteiger partial charge in [-0.1, -0.05) is 45.0 Å². The Hall–Kier alpha value is -0.900. The minimum Gasteiger partial charge on any atom is -0.394 e. The standard InChI is InChI=1S/C16H27NO2/c1-5-16(10-18,11-19)17-13(4)15-8-6-14(7-9-15)12(2)3/h6-9,12-13,17-19H,5,10-11H2,1-4H3. The van der Waals surface area contributed by atoms with E-state index in [2.05, 4.69) is 50.4 Å². The van der Waals surface area contributed by atoms with Crippen molar-refractivity contribution in [3.05, 3.63) is 35.4 Å². The third-order valence-corrected chi connectivity index (χ3v) is 3.91. The van der Waals surface area contributed by atoms with E-state index >= 15 is 0 Å². The van der Waals surface area contributed by atoms with Crippen molar-refractivity contribution >= 4 is 0 Å². The summed E-state index contributed by atoms with van der Waals surface area (Å²) in [4.78, 5) is 0. The molecule has 0 aliphatic carbocycles. The highest BCUT2D eigenvalue weighted by atomic mass is 16.3. The highest BCUT2D eigenvalue weighted by Crippen LogP contribution is 2.21. The Morgan fingerprint density at radius 2 is 1.47 bits per heavy atom. The quantitative estimate of drug-likeness (QED) is 0.710. The fourth-order valence-corrected chi connectivity index (χ4v) is 2.18. The summed E-state index contributed by atoms with van der Waals surface area (Å²) in [6.07, 6.45) is 0.689. The molecule has 0 saturated heterocycles. The van der Waals surface area contributed by atoms with Gasteiger partial charge in [0.25, 0.3) is 0 Å². The van der Waals surface area contributed by atoms with Gasteiger partial charge < -0.3 is 15.5 Å². The number of benzene rings is 1. The molecule has 0 heterocycles. The highest BCUT2D eigenvalue weighted by molar-refractivity contribution is 5.26. The van der Waals surface area contributed by atoms with Crippen LogP contribution in [0.1, 0.15) is 57.2 Å². The average molecular weight is 265 g/mol. The molecule has 0 spiro atoms. The van der Waals surface area contributed by atoms with Crippen LogP contribution in [0.2, 0.25) is 0 Å². The van der Waals surface area contributed by atoms with E-state index in [0.29, 0.717) is 12.3 Å². The van der Waals surface area contributed by atoms with Crippen LogP contribution in [0.5, 0.6) is 0 Å². The number of hydrogen-bond donors (Lipinski definition) is 3. The van der Waals surface area contributed by atoms with Crippen molar-refractivity contribution in [2.75, 3.05) is 13.2 Å². The number of aliphatic hydroxyl groups excluding tert-OH is 2. The molecular formula is C16H27NO2. The average Bonchev–Trinajstić information content (AvgIpc) is 2.45. The van der Waals surface area contributed by atoms with Gasteiger partial charge in [-0.3, -0.25) is 0 Å². The molecule has 0 bridgehead atoms. The van der Waals surface area contributed by atoms with Gasteiger partial charge >= 0.3 is 0 Å². The lowest BCUT2D eigenvalue weighted by molar-refractivity contribution is 0.0793. The van der Waals surface area contributed by atoms with Crippen molar-refractivity contribution in [1.82, 2.24) is 5.32 Å². The van der Waals surface area contributed by atoms with Crippen LogP contribution >= 0.6 is 0 Å². The fraction of sp³-hybridized carbons (Fsp3) is 0.625. The first-order valence-electron chi connectivity index (χ1n) is 7.07. The molecule has 0 saturated carbocycles. The van der Waals surface area contributed by atoms with Crippen molar-refractivity contribution in [2.45, 2.75) is 51.6 Å². The van der Waals surface area contributed by atoms with Crippen LogP contribution < -0.4 is 5.32 Å². The van der Waals surface area contributed by atoms with Gasteiger partial charge in [0.2, 0.25) is 0 Å². The van der Waals surface area contributed by atoms with E-state index in [0.717, 1.165) is 0 Å².